The normalized spacial score (nSPS) is 35.7. The third kappa shape index (κ3) is 1.80. The van der Waals surface area contributed by atoms with Gasteiger partial charge in [0.25, 0.3) is 0 Å². The van der Waals surface area contributed by atoms with Crippen LogP contribution < -0.4 is 4.74 Å². The van der Waals surface area contributed by atoms with E-state index in [1.807, 2.05) is 18.2 Å². The fourth-order valence-corrected chi connectivity index (χ4v) is 3.62. The summed E-state index contributed by atoms with van der Waals surface area (Å²) in [5.41, 5.74) is 0.796. The summed E-state index contributed by atoms with van der Waals surface area (Å²) in [6.45, 7) is 2.24. The Labute approximate surface area is 110 Å². The predicted molar refractivity (Wildman–Crippen MR) is 70.1 cm³/mol. The van der Waals surface area contributed by atoms with E-state index in [1.54, 1.807) is 0 Å². The predicted octanol–water partition coefficient (Wildman–Crippen LogP) is 3.82. The highest BCUT2D eigenvalue weighted by molar-refractivity contribution is 9.10. The molecule has 3 rings (SSSR count). The van der Waals surface area contributed by atoms with Gasteiger partial charge in [0.1, 0.15) is 11.4 Å². The van der Waals surface area contributed by atoms with Crippen LogP contribution in [0.4, 0.5) is 0 Å². The first-order chi connectivity index (χ1) is 8.11. The summed E-state index contributed by atoms with van der Waals surface area (Å²) in [5.74, 6) is 1.40. The second kappa shape index (κ2) is 3.99. The number of aliphatic hydroxyl groups is 1. The van der Waals surface area contributed by atoms with Gasteiger partial charge < -0.3 is 9.84 Å². The van der Waals surface area contributed by atoms with E-state index in [-0.39, 0.29) is 5.60 Å². The Bertz CT molecular complexity index is 446. The highest BCUT2D eigenvalue weighted by Gasteiger charge is 2.47. The second-order valence-electron chi connectivity index (χ2n) is 5.36. The number of benzene rings is 1. The Hall–Kier alpha value is -0.540. The van der Waals surface area contributed by atoms with Gasteiger partial charge in [-0.25, -0.2) is 0 Å². The molecule has 1 N–H and O–H groups in total. The molecule has 1 spiro atoms. The number of ether oxygens (including phenoxy) is 1. The van der Waals surface area contributed by atoms with Crippen molar-refractivity contribution in [2.45, 2.75) is 44.3 Å². The summed E-state index contributed by atoms with van der Waals surface area (Å²) in [7, 11) is 0. The van der Waals surface area contributed by atoms with Gasteiger partial charge in [-0.15, -0.1) is 0 Å². The summed E-state index contributed by atoms with van der Waals surface area (Å²) >= 11 is 3.44. The van der Waals surface area contributed by atoms with E-state index < -0.39 is 6.10 Å². The van der Waals surface area contributed by atoms with E-state index in [2.05, 4.69) is 22.9 Å². The highest BCUT2D eigenvalue weighted by atomic mass is 79.9. The number of aliphatic hydroxyl groups excluding tert-OH is 1. The molecule has 3 atom stereocenters. The zero-order valence-electron chi connectivity index (χ0n) is 9.95. The molecule has 0 aromatic heterocycles. The van der Waals surface area contributed by atoms with Crippen molar-refractivity contribution in [1.82, 2.24) is 0 Å². The van der Waals surface area contributed by atoms with Gasteiger partial charge in [-0.2, -0.15) is 0 Å². The van der Waals surface area contributed by atoms with Crippen LogP contribution in [-0.2, 0) is 0 Å². The molecule has 2 unspecified atom stereocenters. The molecule has 1 aromatic rings. The molecule has 1 heterocycles. The molecule has 1 aliphatic carbocycles. The van der Waals surface area contributed by atoms with Crippen LogP contribution >= 0.6 is 15.9 Å². The summed E-state index contributed by atoms with van der Waals surface area (Å²) in [4.78, 5) is 0. The average molecular weight is 297 g/mol. The molecular weight excluding hydrogens is 280 g/mol. The Morgan fingerprint density at radius 1 is 1.47 bits per heavy atom. The van der Waals surface area contributed by atoms with Crippen LogP contribution in [0.5, 0.6) is 5.75 Å². The lowest BCUT2D eigenvalue weighted by atomic mass is 9.82. The van der Waals surface area contributed by atoms with E-state index in [0.717, 1.165) is 28.6 Å². The number of hydrogen-bond donors (Lipinski definition) is 1. The van der Waals surface area contributed by atoms with Gasteiger partial charge in [-0.3, -0.25) is 0 Å². The van der Waals surface area contributed by atoms with Gasteiger partial charge in [0.15, 0.2) is 0 Å². The molecule has 0 saturated heterocycles. The van der Waals surface area contributed by atoms with E-state index in [4.69, 9.17) is 4.74 Å². The van der Waals surface area contributed by atoms with Crippen LogP contribution in [0.2, 0.25) is 0 Å². The maximum atomic E-state index is 10.3. The number of hydrogen-bond acceptors (Lipinski definition) is 2. The quantitative estimate of drug-likeness (QED) is 0.788. The van der Waals surface area contributed by atoms with Gasteiger partial charge in [-0.1, -0.05) is 22.9 Å². The molecular formula is C14H17BrO2. The average Bonchev–Trinajstić information content (AvgIpc) is 2.62. The molecule has 1 saturated carbocycles. The highest BCUT2D eigenvalue weighted by Crippen LogP contribution is 2.50. The first-order valence-corrected chi connectivity index (χ1v) is 7.06. The van der Waals surface area contributed by atoms with Crippen molar-refractivity contribution >= 4 is 15.9 Å². The fraction of sp³-hybridized carbons (Fsp3) is 0.571. The van der Waals surface area contributed by atoms with Crippen molar-refractivity contribution in [1.29, 1.82) is 0 Å². The molecule has 0 bridgehead atoms. The summed E-state index contributed by atoms with van der Waals surface area (Å²) in [6, 6.07) is 5.91. The molecule has 2 nitrogen and oxygen atoms in total. The van der Waals surface area contributed by atoms with Crippen molar-refractivity contribution in [3.05, 3.63) is 28.2 Å². The van der Waals surface area contributed by atoms with E-state index in [1.165, 1.54) is 12.8 Å². The minimum absolute atomic E-state index is 0.125. The van der Waals surface area contributed by atoms with Crippen molar-refractivity contribution < 1.29 is 9.84 Å². The Morgan fingerprint density at radius 2 is 2.29 bits per heavy atom. The summed E-state index contributed by atoms with van der Waals surface area (Å²) < 4.78 is 7.23. The van der Waals surface area contributed by atoms with Crippen LogP contribution in [0.25, 0.3) is 0 Å². The summed E-state index contributed by atoms with van der Waals surface area (Å²) in [5, 5.41) is 10.3. The van der Waals surface area contributed by atoms with E-state index >= 15 is 0 Å². The molecule has 1 aliphatic heterocycles. The lowest BCUT2D eigenvalue weighted by Crippen LogP contribution is -2.43. The summed E-state index contributed by atoms with van der Waals surface area (Å²) in [6.07, 6.45) is 3.83. The lowest BCUT2D eigenvalue weighted by Gasteiger charge is -2.41. The molecule has 0 amide bonds. The Morgan fingerprint density at radius 3 is 3.00 bits per heavy atom. The maximum Gasteiger partial charge on any atom is 0.126 e. The second-order valence-corrected chi connectivity index (χ2v) is 6.28. The zero-order chi connectivity index (χ0) is 12.0. The van der Waals surface area contributed by atoms with Gasteiger partial charge in [0.2, 0.25) is 0 Å². The molecule has 92 valence electrons. The smallest absolute Gasteiger partial charge is 0.126 e. The zero-order valence-corrected chi connectivity index (χ0v) is 11.5. The largest absolute Gasteiger partial charge is 0.487 e. The number of halogens is 1. The van der Waals surface area contributed by atoms with E-state index in [0.29, 0.717) is 5.92 Å². The van der Waals surface area contributed by atoms with Crippen LogP contribution in [-0.4, -0.2) is 10.7 Å². The minimum atomic E-state index is -0.392. The monoisotopic (exact) mass is 296 g/mol. The standard InChI is InChI=1S/C14H17BrO2/c1-9-3-2-6-14(9)8-12(16)11-7-10(15)4-5-13(11)17-14/h4-5,7,9,12,16H,2-3,6,8H2,1H3/t9?,12-,14?/m0/s1. The van der Waals surface area contributed by atoms with Crippen LogP contribution in [0.3, 0.4) is 0 Å². The third-order valence-corrected chi connectivity index (χ3v) is 4.81. The maximum absolute atomic E-state index is 10.3. The SMILES string of the molecule is CC1CCCC12C[C@H](O)c1cc(Br)ccc1O2. The fourth-order valence-electron chi connectivity index (χ4n) is 3.24. The first kappa shape index (κ1) is 11.5. The molecule has 3 heteroatoms. The molecule has 2 aliphatic rings. The van der Waals surface area contributed by atoms with E-state index in [9.17, 15) is 5.11 Å². The molecule has 0 radical (unpaired) electrons. The number of rotatable bonds is 0. The van der Waals surface area contributed by atoms with Crippen molar-refractivity contribution in [2.75, 3.05) is 0 Å². The van der Waals surface area contributed by atoms with Gasteiger partial charge in [-0.05, 0) is 43.4 Å². The molecule has 1 fully saturated rings. The Kier molecular flexibility index (Phi) is 2.71. The molecule has 1 aromatic carbocycles. The van der Waals surface area contributed by atoms with Gasteiger partial charge in [0.05, 0.1) is 6.10 Å². The van der Waals surface area contributed by atoms with Crippen LogP contribution in [0.15, 0.2) is 22.7 Å². The van der Waals surface area contributed by atoms with Crippen LogP contribution in [0, 0.1) is 5.92 Å². The van der Waals surface area contributed by atoms with Gasteiger partial charge >= 0.3 is 0 Å². The van der Waals surface area contributed by atoms with Crippen molar-refractivity contribution in [3.8, 4) is 5.75 Å². The molecule has 17 heavy (non-hydrogen) atoms. The third-order valence-electron chi connectivity index (χ3n) is 4.32. The first-order valence-electron chi connectivity index (χ1n) is 6.27. The van der Waals surface area contributed by atoms with Gasteiger partial charge in [0, 0.05) is 16.5 Å². The van der Waals surface area contributed by atoms with Crippen molar-refractivity contribution in [3.63, 3.8) is 0 Å². The topological polar surface area (TPSA) is 29.5 Å². The van der Waals surface area contributed by atoms with Crippen molar-refractivity contribution in [2.24, 2.45) is 5.92 Å². The minimum Gasteiger partial charge on any atom is -0.487 e. The Balaban J connectivity index is 2.01. The van der Waals surface area contributed by atoms with Crippen LogP contribution in [0.1, 0.15) is 44.3 Å². The lowest BCUT2D eigenvalue weighted by molar-refractivity contribution is -0.0356. The number of fused-ring (bicyclic) bond motifs is 1.